The third kappa shape index (κ3) is 4.45. The normalized spacial score (nSPS) is 16.7. The van der Waals surface area contributed by atoms with E-state index < -0.39 is 5.91 Å². The van der Waals surface area contributed by atoms with Gasteiger partial charge in [0.15, 0.2) is 5.84 Å². The molecule has 7 nitrogen and oxygen atoms in total. The molecular formula is C23H14Cl2N4O3S. The summed E-state index contributed by atoms with van der Waals surface area (Å²) in [5.74, 6) is 0.927. The van der Waals surface area contributed by atoms with Crippen LogP contribution in [0.3, 0.4) is 0 Å². The predicted octanol–water partition coefficient (Wildman–Crippen LogP) is 5.95. The number of nitrogens with one attached hydrogen (secondary N) is 1. The monoisotopic (exact) mass is 496 g/mol. The minimum absolute atomic E-state index is 0.0615. The standard InChI is InChI=1S/C23H14Cl2N4O3S/c24-13-6-8-18(25)16(10-13)19-9-7-15(32-19)11-17-21(26)29-23(27-22(17)30)33-20(28-29)12-31-14-4-2-1-3-5-14/h1-11,26H,12H2/b17-11-,26-21?. The molecule has 2 aliphatic heterocycles. The van der Waals surface area contributed by atoms with Gasteiger partial charge in [0.25, 0.3) is 5.91 Å². The quantitative estimate of drug-likeness (QED) is 0.440. The van der Waals surface area contributed by atoms with Crippen LogP contribution in [0.25, 0.3) is 17.4 Å². The zero-order chi connectivity index (χ0) is 22.9. The molecule has 0 unspecified atom stereocenters. The predicted molar refractivity (Wildman–Crippen MR) is 131 cm³/mol. The van der Waals surface area contributed by atoms with Crippen LogP contribution in [0.4, 0.5) is 0 Å². The SMILES string of the molecule is N=C1/C(=C/c2ccc(-c3cc(Cl)ccc3Cl)o2)C(=O)N=C2SC(COc3ccccc3)=NN12. The lowest BCUT2D eigenvalue weighted by molar-refractivity contribution is -0.114. The van der Waals surface area contributed by atoms with Crippen molar-refractivity contribution >= 4 is 63.0 Å². The summed E-state index contributed by atoms with van der Waals surface area (Å²) in [5.41, 5.74) is 0.689. The number of amides is 1. The average Bonchev–Trinajstić information content (AvgIpc) is 3.44. The fraction of sp³-hybridized carbons (Fsp3) is 0.0435. The minimum atomic E-state index is -0.544. The van der Waals surface area contributed by atoms with Gasteiger partial charge in [-0.15, -0.1) is 0 Å². The summed E-state index contributed by atoms with van der Waals surface area (Å²) in [6, 6.07) is 17.8. The number of fused-ring (bicyclic) bond motifs is 1. The Bertz CT molecular complexity index is 1370. The summed E-state index contributed by atoms with van der Waals surface area (Å²) in [6.45, 7) is 0.201. The molecule has 0 aliphatic carbocycles. The highest BCUT2D eigenvalue weighted by Crippen LogP contribution is 2.33. The first-order valence-corrected chi connectivity index (χ1v) is 11.3. The molecule has 5 rings (SSSR count). The van der Waals surface area contributed by atoms with Gasteiger partial charge in [-0.25, -0.2) is 0 Å². The molecule has 2 aromatic carbocycles. The van der Waals surface area contributed by atoms with Gasteiger partial charge in [0, 0.05) is 10.6 Å². The molecule has 0 radical (unpaired) electrons. The first kappa shape index (κ1) is 21.5. The van der Waals surface area contributed by atoms with E-state index in [2.05, 4.69) is 10.1 Å². The van der Waals surface area contributed by atoms with Crippen LogP contribution in [-0.4, -0.2) is 33.6 Å². The number of para-hydroxylation sites is 1. The maximum atomic E-state index is 12.6. The van der Waals surface area contributed by atoms with E-state index in [0.717, 1.165) is 0 Å². The molecule has 0 saturated heterocycles. The van der Waals surface area contributed by atoms with Gasteiger partial charge in [-0.3, -0.25) is 10.2 Å². The van der Waals surface area contributed by atoms with Crippen LogP contribution < -0.4 is 4.74 Å². The number of hydrazone groups is 1. The Hall–Kier alpha value is -3.33. The lowest BCUT2D eigenvalue weighted by Crippen LogP contribution is -2.35. The molecule has 10 heteroatoms. The lowest BCUT2D eigenvalue weighted by Gasteiger charge is -2.19. The number of carbonyl (C=O) groups is 1. The Kier molecular flexibility index (Phi) is 5.80. The molecule has 1 amide bonds. The first-order chi connectivity index (χ1) is 16.0. The fourth-order valence-corrected chi connectivity index (χ4v) is 4.34. The van der Waals surface area contributed by atoms with Crippen molar-refractivity contribution in [1.82, 2.24) is 5.01 Å². The third-order valence-corrected chi connectivity index (χ3v) is 6.16. The molecule has 1 N–H and O–H groups in total. The van der Waals surface area contributed by atoms with Crippen LogP contribution in [0.2, 0.25) is 10.0 Å². The molecule has 164 valence electrons. The van der Waals surface area contributed by atoms with E-state index in [0.29, 0.717) is 43.1 Å². The molecular weight excluding hydrogens is 483 g/mol. The van der Waals surface area contributed by atoms with Crippen molar-refractivity contribution in [2.45, 2.75) is 0 Å². The maximum absolute atomic E-state index is 12.6. The second-order valence-corrected chi connectivity index (χ2v) is 8.83. The zero-order valence-corrected chi connectivity index (χ0v) is 19.1. The Balaban J connectivity index is 1.36. The smallest absolute Gasteiger partial charge is 0.283 e. The highest BCUT2D eigenvalue weighted by atomic mass is 35.5. The molecule has 1 aromatic heterocycles. The first-order valence-electron chi connectivity index (χ1n) is 9.70. The number of carbonyl (C=O) groups excluding carboxylic acids is 1. The van der Waals surface area contributed by atoms with Crippen molar-refractivity contribution in [3.05, 3.63) is 82.0 Å². The molecule has 0 spiro atoms. The second kappa shape index (κ2) is 8.90. The Morgan fingerprint density at radius 1 is 1.12 bits per heavy atom. The Morgan fingerprint density at radius 3 is 2.76 bits per heavy atom. The minimum Gasteiger partial charge on any atom is -0.487 e. The number of rotatable bonds is 5. The van der Waals surface area contributed by atoms with Gasteiger partial charge in [-0.05, 0) is 60.3 Å². The topological polar surface area (TPSA) is 91.2 Å². The van der Waals surface area contributed by atoms with Crippen molar-refractivity contribution in [2.75, 3.05) is 6.61 Å². The molecule has 0 saturated carbocycles. The zero-order valence-electron chi connectivity index (χ0n) is 16.8. The number of nitrogens with zero attached hydrogens (tertiary/aromatic N) is 3. The van der Waals surface area contributed by atoms with Crippen molar-refractivity contribution in [1.29, 1.82) is 5.41 Å². The summed E-state index contributed by atoms with van der Waals surface area (Å²) in [7, 11) is 0. The van der Waals surface area contributed by atoms with E-state index >= 15 is 0 Å². The van der Waals surface area contributed by atoms with Crippen molar-refractivity contribution in [3.63, 3.8) is 0 Å². The average molecular weight is 497 g/mol. The van der Waals surface area contributed by atoms with Crippen molar-refractivity contribution in [3.8, 4) is 17.1 Å². The van der Waals surface area contributed by atoms with Gasteiger partial charge >= 0.3 is 0 Å². The number of hydrogen-bond donors (Lipinski definition) is 1. The van der Waals surface area contributed by atoms with Crippen LogP contribution in [0.5, 0.6) is 5.75 Å². The molecule has 0 fully saturated rings. The van der Waals surface area contributed by atoms with E-state index in [1.165, 1.54) is 22.8 Å². The number of aliphatic imine (C=N–C) groups is 1. The molecule has 2 aliphatic rings. The Morgan fingerprint density at radius 2 is 1.94 bits per heavy atom. The highest BCUT2D eigenvalue weighted by Gasteiger charge is 2.36. The fourth-order valence-electron chi connectivity index (χ4n) is 3.16. The van der Waals surface area contributed by atoms with Crippen LogP contribution >= 0.6 is 35.0 Å². The summed E-state index contributed by atoms with van der Waals surface area (Å²) >= 11 is 13.5. The summed E-state index contributed by atoms with van der Waals surface area (Å²) in [6.07, 6.45) is 1.46. The molecule has 3 heterocycles. The van der Waals surface area contributed by atoms with Crippen LogP contribution in [0, 0.1) is 5.41 Å². The largest absolute Gasteiger partial charge is 0.487 e. The summed E-state index contributed by atoms with van der Waals surface area (Å²) < 4.78 is 11.5. The maximum Gasteiger partial charge on any atom is 0.283 e. The van der Waals surface area contributed by atoms with Gasteiger partial charge in [0.05, 0.1) is 10.6 Å². The number of benzene rings is 2. The number of ether oxygens (including phenoxy) is 1. The Labute approximate surface area is 202 Å². The van der Waals surface area contributed by atoms with E-state index in [1.54, 1.807) is 30.3 Å². The van der Waals surface area contributed by atoms with Crippen LogP contribution in [0.1, 0.15) is 5.76 Å². The van der Waals surface area contributed by atoms with Gasteiger partial charge in [0.1, 0.15) is 28.9 Å². The number of furan rings is 1. The third-order valence-electron chi connectivity index (χ3n) is 4.71. The number of amidine groups is 2. The molecule has 3 aromatic rings. The summed E-state index contributed by atoms with van der Waals surface area (Å²) in [4.78, 5) is 16.7. The number of hydrogen-bond acceptors (Lipinski definition) is 6. The van der Waals surface area contributed by atoms with Crippen molar-refractivity contribution in [2.24, 2.45) is 10.1 Å². The van der Waals surface area contributed by atoms with E-state index in [1.807, 2.05) is 30.3 Å². The second-order valence-electron chi connectivity index (χ2n) is 6.94. The number of thioether (sulfide) groups is 1. The molecule has 0 atom stereocenters. The van der Waals surface area contributed by atoms with Gasteiger partial charge in [-0.1, -0.05) is 41.4 Å². The van der Waals surface area contributed by atoms with Crippen LogP contribution in [-0.2, 0) is 4.79 Å². The lowest BCUT2D eigenvalue weighted by atomic mass is 10.1. The van der Waals surface area contributed by atoms with E-state index in [-0.39, 0.29) is 18.0 Å². The highest BCUT2D eigenvalue weighted by molar-refractivity contribution is 8.27. The van der Waals surface area contributed by atoms with E-state index in [4.69, 9.17) is 37.8 Å². The van der Waals surface area contributed by atoms with E-state index in [9.17, 15) is 4.79 Å². The van der Waals surface area contributed by atoms with Gasteiger partial charge < -0.3 is 9.15 Å². The van der Waals surface area contributed by atoms with Crippen molar-refractivity contribution < 1.29 is 13.9 Å². The molecule has 0 bridgehead atoms. The van der Waals surface area contributed by atoms with Crippen LogP contribution in [0.15, 0.2) is 80.7 Å². The van der Waals surface area contributed by atoms with Gasteiger partial charge in [-0.2, -0.15) is 15.1 Å². The number of halogens is 2. The van der Waals surface area contributed by atoms with Gasteiger partial charge in [0.2, 0.25) is 5.17 Å². The summed E-state index contributed by atoms with van der Waals surface area (Å²) in [5, 5.41) is 16.1. The molecule has 33 heavy (non-hydrogen) atoms.